The van der Waals surface area contributed by atoms with Crippen LogP contribution in [0.1, 0.15) is 41.5 Å². The van der Waals surface area contributed by atoms with Crippen molar-refractivity contribution in [3.8, 4) is 0 Å². The molecule has 0 fully saturated rings. The zero-order chi connectivity index (χ0) is 16.5. The largest absolute Gasteiger partial charge is 0.376 e. The second-order valence-electron chi connectivity index (χ2n) is 6.37. The Bertz CT molecular complexity index is 260. The van der Waals surface area contributed by atoms with E-state index in [1.165, 1.54) is 0 Å². The van der Waals surface area contributed by atoms with E-state index in [0.29, 0.717) is 26.5 Å². The monoisotopic (exact) mass is 306 g/mol. The minimum Gasteiger partial charge on any atom is -0.376 e. The third kappa shape index (κ3) is 12.0. The van der Waals surface area contributed by atoms with Gasteiger partial charge in [-0.15, -0.1) is 0 Å². The lowest BCUT2D eigenvalue weighted by Gasteiger charge is -2.30. The first kappa shape index (κ1) is 20.8. The molecule has 0 aliphatic heterocycles. The molecule has 0 rings (SSSR count). The molecule has 0 aromatic carbocycles. The number of hydrogen-bond acceptors (Lipinski definition) is 6. The molecule has 0 saturated heterocycles. The Morgan fingerprint density at radius 1 is 1.05 bits per heavy atom. The molecule has 0 amide bonds. The molecule has 1 atom stereocenters. The van der Waals surface area contributed by atoms with Crippen LogP contribution < -0.4 is 5.73 Å². The first-order chi connectivity index (χ1) is 9.66. The van der Waals surface area contributed by atoms with Crippen LogP contribution in [0, 0.1) is 0 Å². The molecule has 0 spiro atoms. The molecular weight excluding hydrogens is 272 g/mol. The Balaban J connectivity index is 4.07. The van der Waals surface area contributed by atoms with E-state index in [2.05, 4.69) is 0 Å². The molecule has 0 aromatic rings. The molecule has 0 bridgehead atoms. The van der Waals surface area contributed by atoms with Gasteiger partial charge < -0.3 is 19.9 Å². The Morgan fingerprint density at radius 2 is 1.62 bits per heavy atom. The molecule has 21 heavy (non-hydrogen) atoms. The van der Waals surface area contributed by atoms with Crippen molar-refractivity contribution in [1.82, 2.24) is 5.06 Å². The van der Waals surface area contributed by atoms with E-state index < -0.39 is 0 Å². The van der Waals surface area contributed by atoms with E-state index in [0.717, 1.165) is 0 Å². The number of nitrogens with two attached hydrogens (primary N) is 1. The predicted octanol–water partition coefficient (Wildman–Crippen LogP) is 1.78. The lowest BCUT2D eigenvalue weighted by atomic mass is 10.1. The Labute approximate surface area is 129 Å². The van der Waals surface area contributed by atoms with Gasteiger partial charge in [-0.1, -0.05) is 0 Å². The Kier molecular flexibility index (Phi) is 10.4. The maximum Gasteiger partial charge on any atom is 0.122 e. The number of ether oxygens (including phenoxy) is 3. The van der Waals surface area contributed by atoms with E-state index in [9.17, 15) is 0 Å². The third-order valence-electron chi connectivity index (χ3n) is 2.61. The summed E-state index contributed by atoms with van der Waals surface area (Å²) in [5.41, 5.74) is 5.36. The third-order valence-corrected chi connectivity index (χ3v) is 2.61. The molecule has 0 aliphatic rings. The standard InChI is InChI=1S/C15H34N2O4/c1-12(2)18-10-15(5,6)20-9-14(8-16)21-17(7)11-19-13(3)4/h12-14H,8-11,16H2,1-7H3. The highest BCUT2D eigenvalue weighted by Crippen LogP contribution is 2.12. The number of hydrogen-bond donors (Lipinski definition) is 1. The molecule has 0 radical (unpaired) electrons. The van der Waals surface area contributed by atoms with Crippen LogP contribution in [-0.2, 0) is 19.0 Å². The molecule has 6 nitrogen and oxygen atoms in total. The van der Waals surface area contributed by atoms with Crippen molar-refractivity contribution in [2.45, 2.75) is 65.5 Å². The van der Waals surface area contributed by atoms with Gasteiger partial charge in [0.2, 0.25) is 0 Å². The highest BCUT2D eigenvalue weighted by molar-refractivity contribution is 4.70. The zero-order valence-electron chi connectivity index (χ0n) is 14.7. The summed E-state index contributed by atoms with van der Waals surface area (Å²) >= 11 is 0. The average Bonchev–Trinajstić information content (AvgIpc) is 2.39. The normalized spacial score (nSPS) is 14.4. The fourth-order valence-corrected chi connectivity index (χ4v) is 1.41. The summed E-state index contributed by atoms with van der Waals surface area (Å²) in [5.74, 6) is 0. The van der Waals surface area contributed by atoms with E-state index >= 15 is 0 Å². The van der Waals surface area contributed by atoms with Crippen molar-refractivity contribution in [2.75, 3.05) is 33.5 Å². The summed E-state index contributed by atoms with van der Waals surface area (Å²) in [6.45, 7) is 13.7. The van der Waals surface area contributed by atoms with Crippen LogP contribution in [0.15, 0.2) is 0 Å². The highest BCUT2D eigenvalue weighted by Gasteiger charge is 2.22. The van der Waals surface area contributed by atoms with Crippen LogP contribution in [0.4, 0.5) is 0 Å². The molecular formula is C15H34N2O4. The van der Waals surface area contributed by atoms with Gasteiger partial charge in [-0.05, 0) is 41.5 Å². The topological polar surface area (TPSA) is 66.2 Å². The van der Waals surface area contributed by atoms with E-state index in [-0.39, 0.29) is 23.9 Å². The van der Waals surface area contributed by atoms with Crippen molar-refractivity contribution in [3.63, 3.8) is 0 Å². The lowest BCUT2D eigenvalue weighted by molar-refractivity contribution is -0.243. The van der Waals surface area contributed by atoms with Crippen molar-refractivity contribution >= 4 is 0 Å². The van der Waals surface area contributed by atoms with Crippen molar-refractivity contribution in [2.24, 2.45) is 5.73 Å². The van der Waals surface area contributed by atoms with E-state index in [4.69, 9.17) is 24.8 Å². The van der Waals surface area contributed by atoms with Crippen LogP contribution in [-0.4, -0.2) is 62.5 Å². The second kappa shape index (κ2) is 10.5. The van der Waals surface area contributed by atoms with Crippen molar-refractivity contribution < 1.29 is 19.0 Å². The summed E-state index contributed by atoms with van der Waals surface area (Å²) < 4.78 is 16.9. The molecule has 0 aromatic heterocycles. The fraction of sp³-hybridized carbons (Fsp3) is 1.00. The minimum absolute atomic E-state index is 0.163. The van der Waals surface area contributed by atoms with Crippen LogP contribution in [0.2, 0.25) is 0 Å². The minimum atomic E-state index is -0.367. The van der Waals surface area contributed by atoms with Crippen molar-refractivity contribution in [3.05, 3.63) is 0 Å². The lowest BCUT2D eigenvalue weighted by Crippen LogP contribution is -2.41. The maximum atomic E-state index is 5.86. The first-order valence-corrected chi connectivity index (χ1v) is 7.61. The summed E-state index contributed by atoms with van der Waals surface area (Å²) in [7, 11) is 1.82. The van der Waals surface area contributed by atoms with Crippen LogP contribution in [0.5, 0.6) is 0 Å². The molecule has 0 saturated carbocycles. The van der Waals surface area contributed by atoms with Crippen LogP contribution in [0.3, 0.4) is 0 Å². The second-order valence-corrected chi connectivity index (χ2v) is 6.37. The Morgan fingerprint density at radius 3 is 2.10 bits per heavy atom. The summed E-state index contributed by atoms with van der Waals surface area (Å²) in [4.78, 5) is 5.69. The Hall–Kier alpha value is -0.240. The molecule has 6 heteroatoms. The van der Waals surface area contributed by atoms with Gasteiger partial charge in [-0.2, -0.15) is 5.06 Å². The molecule has 0 aliphatic carbocycles. The van der Waals surface area contributed by atoms with Gasteiger partial charge in [0.15, 0.2) is 0 Å². The quantitative estimate of drug-likeness (QED) is 0.438. The summed E-state index contributed by atoms with van der Waals surface area (Å²) in [6.07, 6.45) is 0.147. The zero-order valence-corrected chi connectivity index (χ0v) is 14.7. The average molecular weight is 306 g/mol. The fourth-order valence-electron chi connectivity index (χ4n) is 1.41. The molecule has 128 valence electrons. The predicted molar refractivity (Wildman–Crippen MR) is 83.9 cm³/mol. The van der Waals surface area contributed by atoms with Gasteiger partial charge in [0.05, 0.1) is 31.0 Å². The first-order valence-electron chi connectivity index (χ1n) is 7.61. The smallest absolute Gasteiger partial charge is 0.122 e. The van der Waals surface area contributed by atoms with Gasteiger partial charge in [0.1, 0.15) is 12.8 Å². The number of rotatable bonds is 12. The molecule has 2 N–H and O–H groups in total. The highest BCUT2D eigenvalue weighted by atomic mass is 16.7. The SMILES string of the molecule is CC(C)OCN(C)OC(CN)COC(C)(C)COC(C)C. The molecule has 1 unspecified atom stereocenters. The van der Waals surface area contributed by atoms with Gasteiger partial charge >= 0.3 is 0 Å². The van der Waals surface area contributed by atoms with E-state index in [1.807, 2.05) is 48.6 Å². The number of nitrogens with zero attached hydrogens (tertiary/aromatic N) is 1. The summed E-state index contributed by atoms with van der Waals surface area (Å²) in [5, 5.41) is 1.64. The number of hydroxylamine groups is 2. The van der Waals surface area contributed by atoms with Gasteiger partial charge in [0, 0.05) is 13.6 Å². The van der Waals surface area contributed by atoms with Crippen LogP contribution >= 0.6 is 0 Å². The van der Waals surface area contributed by atoms with Crippen LogP contribution in [0.25, 0.3) is 0 Å². The van der Waals surface area contributed by atoms with Crippen molar-refractivity contribution in [1.29, 1.82) is 0 Å². The maximum absolute atomic E-state index is 5.86. The van der Waals surface area contributed by atoms with Gasteiger partial charge in [-0.3, -0.25) is 4.84 Å². The van der Waals surface area contributed by atoms with E-state index in [1.54, 1.807) is 5.06 Å². The summed E-state index contributed by atoms with van der Waals surface area (Å²) in [6, 6.07) is 0. The van der Waals surface area contributed by atoms with Gasteiger partial charge in [-0.25, -0.2) is 0 Å². The van der Waals surface area contributed by atoms with Gasteiger partial charge in [0.25, 0.3) is 0 Å². The molecule has 0 heterocycles.